The first-order chi connectivity index (χ1) is 20.0. The summed E-state index contributed by atoms with van der Waals surface area (Å²) >= 11 is 0. The van der Waals surface area contributed by atoms with Gasteiger partial charge in [0, 0.05) is 22.6 Å². The van der Waals surface area contributed by atoms with Gasteiger partial charge in [-0.3, -0.25) is 4.79 Å². The fraction of sp³-hybridized carbons (Fsp3) is 0.312. The van der Waals surface area contributed by atoms with Gasteiger partial charge in [0.2, 0.25) is 0 Å². The van der Waals surface area contributed by atoms with Crippen LogP contribution < -0.4 is 10.9 Å². The van der Waals surface area contributed by atoms with Crippen LogP contribution in [-0.2, 0) is 39.6 Å². The Hall–Kier alpha value is -4.57. The predicted octanol–water partition coefficient (Wildman–Crippen LogP) is 4.82. The zero-order valence-corrected chi connectivity index (χ0v) is 23.7. The number of ether oxygens (including phenoxy) is 2. The van der Waals surface area contributed by atoms with Crippen molar-refractivity contribution in [3.05, 3.63) is 97.6 Å². The summed E-state index contributed by atoms with van der Waals surface area (Å²) in [6, 6.07) is 11.7. The summed E-state index contributed by atoms with van der Waals surface area (Å²) in [7, 11) is 0. The van der Waals surface area contributed by atoms with Gasteiger partial charge < -0.3 is 24.5 Å². The number of hydrogen-bond donors (Lipinski definition) is 2. The van der Waals surface area contributed by atoms with Gasteiger partial charge in [-0.1, -0.05) is 37.3 Å². The van der Waals surface area contributed by atoms with Crippen molar-refractivity contribution < 1.29 is 28.6 Å². The second-order valence-corrected chi connectivity index (χ2v) is 10.9. The minimum absolute atomic E-state index is 0.0146. The average molecular weight is 572 g/mol. The van der Waals surface area contributed by atoms with E-state index in [1.807, 2.05) is 30.3 Å². The lowest BCUT2D eigenvalue weighted by molar-refractivity contribution is -0.172. The highest BCUT2D eigenvalue weighted by molar-refractivity contribution is 5.92. The van der Waals surface area contributed by atoms with Gasteiger partial charge in [0.1, 0.15) is 19.0 Å². The maximum Gasteiger partial charge on any atom is 0.407 e. The molecule has 2 N–H and O–H groups in total. The van der Waals surface area contributed by atoms with Crippen LogP contribution in [0.15, 0.2) is 47.3 Å². The molecule has 0 aliphatic carbocycles. The van der Waals surface area contributed by atoms with Gasteiger partial charge in [-0.2, -0.15) is 0 Å². The zero-order chi connectivity index (χ0) is 29.9. The third-order valence-electron chi connectivity index (χ3n) is 8.51. The number of nitrogens with zero attached hydrogens (tertiary/aromatic N) is 2. The molecule has 4 heterocycles. The predicted molar refractivity (Wildman–Crippen MR) is 152 cm³/mol. The SMILES string of the molecule is CC[C@@]1(O)C(=O)OCc2c1cc1n(c2=O)Cc2c-1nc1cc(F)c(C)c(C)c1c2[C@@H](C)NC(=O)OCc1ccccc1. The third-order valence-corrected chi connectivity index (χ3v) is 8.51. The maximum atomic E-state index is 15.0. The molecule has 2 aliphatic heterocycles. The molecule has 2 aromatic carbocycles. The number of fused-ring (bicyclic) bond motifs is 5. The van der Waals surface area contributed by atoms with Crippen LogP contribution in [0, 0.1) is 19.7 Å². The highest BCUT2D eigenvalue weighted by Crippen LogP contribution is 2.42. The zero-order valence-electron chi connectivity index (χ0n) is 23.7. The second-order valence-electron chi connectivity index (χ2n) is 10.9. The summed E-state index contributed by atoms with van der Waals surface area (Å²) in [5, 5.41) is 14.8. The van der Waals surface area contributed by atoms with Crippen LogP contribution in [0.1, 0.15) is 65.3 Å². The number of amides is 1. The Bertz CT molecular complexity index is 1850. The lowest BCUT2D eigenvalue weighted by Gasteiger charge is -2.31. The van der Waals surface area contributed by atoms with Gasteiger partial charge in [0.05, 0.1) is 35.1 Å². The molecule has 6 rings (SSSR count). The fourth-order valence-corrected chi connectivity index (χ4v) is 6.03. The molecule has 10 heteroatoms. The van der Waals surface area contributed by atoms with E-state index in [-0.39, 0.29) is 37.3 Å². The number of carbonyl (C=O) groups excluding carboxylic acids is 2. The standard InChI is InChI=1S/C32H30FN3O6/c1-5-32(40)22-11-25-28-20(13-36(25)29(37)21(22)15-41-30(32)38)27(26-17(3)16(2)23(33)12-24(26)35-28)18(4)34-31(39)42-14-19-9-7-6-8-10-19/h6-12,18,40H,5,13-15H2,1-4H3,(H,34,39)/t18-,32+/m1/s1. The fourth-order valence-electron chi connectivity index (χ4n) is 6.03. The molecule has 0 bridgehead atoms. The number of rotatable bonds is 5. The first-order valence-electron chi connectivity index (χ1n) is 13.8. The van der Waals surface area contributed by atoms with E-state index in [9.17, 15) is 23.9 Å². The molecule has 42 heavy (non-hydrogen) atoms. The number of halogens is 1. The van der Waals surface area contributed by atoms with E-state index in [0.717, 1.165) is 5.56 Å². The van der Waals surface area contributed by atoms with Gasteiger partial charge in [0.25, 0.3) is 5.56 Å². The molecule has 0 fully saturated rings. The first-order valence-corrected chi connectivity index (χ1v) is 13.8. The Kier molecular flexibility index (Phi) is 6.61. The second kappa shape index (κ2) is 10.1. The Labute approximate surface area is 240 Å². The van der Waals surface area contributed by atoms with E-state index < -0.39 is 35.1 Å². The van der Waals surface area contributed by atoms with Crippen LogP contribution >= 0.6 is 0 Å². The molecule has 0 spiro atoms. The number of aromatic nitrogens is 2. The number of carbonyl (C=O) groups is 2. The summed E-state index contributed by atoms with van der Waals surface area (Å²) in [5.74, 6) is -1.24. The van der Waals surface area contributed by atoms with E-state index in [4.69, 9.17) is 14.5 Å². The van der Waals surface area contributed by atoms with Gasteiger partial charge >= 0.3 is 12.1 Å². The molecule has 2 aliphatic rings. The van der Waals surface area contributed by atoms with Gasteiger partial charge in [-0.05, 0) is 55.5 Å². The molecule has 2 atom stereocenters. The lowest BCUT2D eigenvalue weighted by Crippen LogP contribution is -2.44. The summed E-state index contributed by atoms with van der Waals surface area (Å²) in [6.45, 7) is 6.90. The highest BCUT2D eigenvalue weighted by Gasteiger charge is 2.45. The summed E-state index contributed by atoms with van der Waals surface area (Å²) in [4.78, 5) is 43.9. The van der Waals surface area contributed by atoms with E-state index in [1.54, 1.807) is 33.8 Å². The molecule has 4 aromatic rings. The quantitative estimate of drug-likeness (QED) is 0.290. The average Bonchev–Trinajstić information content (AvgIpc) is 3.35. The number of esters is 1. The van der Waals surface area contributed by atoms with Gasteiger partial charge in [0.15, 0.2) is 5.60 Å². The van der Waals surface area contributed by atoms with Crippen molar-refractivity contribution in [2.45, 2.75) is 65.5 Å². The largest absolute Gasteiger partial charge is 0.458 e. The number of cyclic esters (lactones) is 1. The van der Waals surface area contributed by atoms with E-state index in [1.165, 1.54) is 10.6 Å². The van der Waals surface area contributed by atoms with E-state index >= 15 is 0 Å². The lowest BCUT2D eigenvalue weighted by atomic mass is 9.86. The molecule has 216 valence electrons. The Morgan fingerprint density at radius 3 is 2.64 bits per heavy atom. The molecule has 0 saturated carbocycles. The van der Waals surface area contributed by atoms with Crippen LogP contribution in [-0.4, -0.2) is 26.7 Å². The first kappa shape index (κ1) is 27.6. The van der Waals surface area contributed by atoms with Crippen LogP contribution in [0.25, 0.3) is 22.3 Å². The smallest absolute Gasteiger partial charge is 0.407 e. The minimum atomic E-state index is -1.97. The Morgan fingerprint density at radius 2 is 1.93 bits per heavy atom. The monoisotopic (exact) mass is 571 g/mol. The number of aryl methyl sites for hydroxylation is 1. The molecule has 9 nitrogen and oxygen atoms in total. The van der Waals surface area contributed by atoms with Crippen LogP contribution in [0.2, 0.25) is 0 Å². The summed E-state index contributed by atoms with van der Waals surface area (Å²) < 4.78 is 27.1. The van der Waals surface area contributed by atoms with Crippen molar-refractivity contribution in [3.8, 4) is 11.4 Å². The summed E-state index contributed by atoms with van der Waals surface area (Å²) in [6.07, 6.45) is -0.617. The number of pyridine rings is 2. The number of hydrogen-bond acceptors (Lipinski definition) is 7. The number of alkyl carbamates (subject to hydrolysis) is 1. The van der Waals surface area contributed by atoms with Crippen molar-refractivity contribution >= 4 is 23.0 Å². The normalized spacial score (nSPS) is 17.7. The maximum absolute atomic E-state index is 15.0. The number of aliphatic hydroxyl groups is 1. The molecular formula is C32H30FN3O6. The van der Waals surface area contributed by atoms with Crippen molar-refractivity contribution in [3.63, 3.8) is 0 Å². The van der Waals surface area contributed by atoms with E-state index in [2.05, 4.69) is 5.32 Å². The topological polar surface area (TPSA) is 120 Å². The van der Waals surface area contributed by atoms with Crippen LogP contribution in [0.5, 0.6) is 0 Å². The Balaban J connectivity index is 1.49. The van der Waals surface area contributed by atoms with Gasteiger partial charge in [-0.15, -0.1) is 0 Å². The number of nitrogens with one attached hydrogen (secondary N) is 1. The minimum Gasteiger partial charge on any atom is -0.458 e. The third kappa shape index (κ3) is 4.16. The molecule has 2 aromatic heterocycles. The van der Waals surface area contributed by atoms with Crippen molar-refractivity contribution in [2.24, 2.45) is 0 Å². The van der Waals surface area contributed by atoms with E-state index in [0.29, 0.717) is 44.5 Å². The van der Waals surface area contributed by atoms with Crippen LogP contribution in [0.3, 0.4) is 0 Å². The van der Waals surface area contributed by atoms with Crippen molar-refractivity contribution in [1.82, 2.24) is 14.9 Å². The summed E-state index contributed by atoms with van der Waals surface area (Å²) in [5.41, 5.74) is 2.53. The molecule has 0 unspecified atom stereocenters. The number of benzene rings is 2. The molecule has 0 radical (unpaired) electrons. The molecular weight excluding hydrogens is 541 g/mol. The molecule has 0 saturated heterocycles. The van der Waals surface area contributed by atoms with Crippen molar-refractivity contribution in [2.75, 3.05) is 0 Å². The van der Waals surface area contributed by atoms with Crippen molar-refractivity contribution in [1.29, 1.82) is 0 Å². The van der Waals surface area contributed by atoms with Crippen LogP contribution in [0.4, 0.5) is 9.18 Å². The molecule has 1 amide bonds. The van der Waals surface area contributed by atoms with Gasteiger partial charge in [-0.25, -0.2) is 19.0 Å². The highest BCUT2D eigenvalue weighted by atomic mass is 19.1. The Morgan fingerprint density at radius 1 is 1.19 bits per heavy atom.